The number of nitrogens with zero attached hydrogens (tertiary/aromatic N) is 2. The molecule has 0 saturated carbocycles. The second kappa shape index (κ2) is 13.2. The number of benzene rings is 3. The SMILES string of the molecule is NC(=O)Cc1ccc(OCCCN(Cc2ccncc2)CC(c2ccccc2)c2ccccc2)cc1. The van der Waals surface area contributed by atoms with E-state index in [0.717, 1.165) is 37.4 Å². The fourth-order valence-electron chi connectivity index (χ4n) is 4.40. The molecule has 0 aliphatic carbocycles. The molecule has 0 spiro atoms. The summed E-state index contributed by atoms with van der Waals surface area (Å²) in [4.78, 5) is 17.8. The normalized spacial score (nSPS) is 11.1. The number of amides is 1. The number of aromatic nitrogens is 1. The fourth-order valence-corrected chi connectivity index (χ4v) is 4.40. The highest BCUT2D eigenvalue weighted by molar-refractivity contribution is 5.76. The van der Waals surface area contributed by atoms with Crippen LogP contribution in [0.15, 0.2) is 109 Å². The number of hydrogen-bond donors (Lipinski definition) is 1. The number of nitrogens with two attached hydrogens (primary N) is 1. The van der Waals surface area contributed by atoms with E-state index in [1.54, 1.807) is 0 Å². The van der Waals surface area contributed by atoms with Crippen LogP contribution in [0.2, 0.25) is 0 Å². The summed E-state index contributed by atoms with van der Waals surface area (Å²) in [6, 6.07) is 33.2. The van der Waals surface area contributed by atoms with Gasteiger partial charge in [-0.2, -0.15) is 0 Å². The van der Waals surface area contributed by atoms with Crippen LogP contribution in [0.4, 0.5) is 0 Å². The number of ether oxygens (including phenoxy) is 1. The van der Waals surface area contributed by atoms with Crippen molar-refractivity contribution in [2.45, 2.75) is 25.3 Å². The molecular weight excluding hydrogens is 446 g/mol. The molecule has 1 aromatic heterocycles. The lowest BCUT2D eigenvalue weighted by Crippen LogP contribution is -2.30. The zero-order chi connectivity index (χ0) is 25.0. The van der Waals surface area contributed by atoms with E-state index in [4.69, 9.17) is 10.5 Å². The second-order valence-electron chi connectivity index (χ2n) is 8.95. The first-order valence-electron chi connectivity index (χ1n) is 12.4. The van der Waals surface area contributed by atoms with Crippen molar-refractivity contribution in [3.8, 4) is 5.75 Å². The van der Waals surface area contributed by atoms with Gasteiger partial charge >= 0.3 is 0 Å². The van der Waals surface area contributed by atoms with E-state index >= 15 is 0 Å². The average Bonchev–Trinajstić information content (AvgIpc) is 2.91. The largest absolute Gasteiger partial charge is 0.494 e. The third kappa shape index (κ3) is 7.79. The Hall–Kier alpha value is -3.96. The Balaban J connectivity index is 1.42. The number of carbonyl (C=O) groups excluding carboxylic acids is 1. The Morgan fingerprint density at radius 2 is 1.42 bits per heavy atom. The standard InChI is InChI=1S/C31H33N3O2/c32-31(35)22-25-12-14-29(15-13-25)36-21-7-20-34(23-26-16-18-33-19-17-26)24-30(27-8-3-1-4-9-27)28-10-5-2-6-11-28/h1-6,8-19,30H,7,20-24H2,(H2,32,35). The van der Waals surface area contributed by atoms with E-state index in [1.807, 2.05) is 36.7 Å². The van der Waals surface area contributed by atoms with Crippen LogP contribution in [0.3, 0.4) is 0 Å². The van der Waals surface area contributed by atoms with E-state index in [9.17, 15) is 4.79 Å². The van der Waals surface area contributed by atoms with Crippen molar-refractivity contribution in [3.05, 3.63) is 132 Å². The van der Waals surface area contributed by atoms with Gasteiger partial charge in [0, 0.05) is 37.9 Å². The van der Waals surface area contributed by atoms with Crippen LogP contribution in [0.25, 0.3) is 0 Å². The van der Waals surface area contributed by atoms with E-state index < -0.39 is 0 Å². The number of hydrogen-bond acceptors (Lipinski definition) is 4. The van der Waals surface area contributed by atoms with Gasteiger partial charge in [-0.25, -0.2) is 0 Å². The molecule has 0 radical (unpaired) electrons. The Labute approximate surface area is 213 Å². The molecule has 0 fully saturated rings. The van der Waals surface area contributed by atoms with Gasteiger partial charge in [0.15, 0.2) is 0 Å². The monoisotopic (exact) mass is 479 g/mol. The van der Waals surface area contributed by atoms with Crippen molar-refractivity contribution in [2.24, 2.45) is 5.73 Å². The van der Waals surface area contributed by atoms with Crippen molar-refractivity contribution < 1.29 is 9.53 Å². The lowest BCUT2D eigenvalue weighted by molar-refractivity contribution is -0.117. The lowest BCUT2D eigenvalue weighted by atomic mass is 9.90. The predicted octanol–water partition coefficient (Wildman–Crippen LogP) is 5.21. The molecule has 3 aromatic carbocycles. The third-order valence-corrected chi connectivity index (χ3v) is 6.19. The molecular formula is C31H33N3O2. The van der Waals surface area contributed by atoms with Gasteiger partial charge in [-0.05, 0) is 52.9 Å². The highest BCUT2D eigenvalue weighted by Gasteiger charge is 2.18. The molecule has 1 heterocycles. The van der Waals surface area contributed by atoms with Crippen LogP contribution in [-0.4, -0.2) is 35.5 Å². The van der Waals surface area contributed by atoms with Crippen LogP contribution in [0.5, 0.6) is 5.75 Å². The van der Waals surface area contributed by atoms with Crippen molar-refractivity contribution >= 4 is 5.91 Å². The summed E-state index contributed by atoms with van der Waals surface area (Å²) < 4.78 is 5.99. The maximum absolute atomic E-state index is 11.1. The van der Waals surface area contributed by atoms with Crippen molar-refractivity contribution in [2.75, 3.05) is 19.7 Å². The Kier molecular flexibility index (Phi) is 9.23. The number of pyridine rings is 1. The summed E-state index contributed by atoms with van der Waals surface area (Å²) in [5.41, 5.74) is 10.0. The molecule has 0 atom stereocenters. The van der Waals surface area contributed by atoms with Gasteiger partial charge in [-0.15, -0.1) is 0 Å². The molecule has 4 rings (SSSR count). The first-order chi connectivity index (χ1) is 17.7. The van der Waals surface area contributed by atoms with E-state index in [0.29, 0.717) is 6.61 Å². The molecule has 0 unspecified atom stereocenters. The van der Waals surface area contributed by atoms with Crippen LogP contribution in [0.1, 0.15) is 34.6 Å². The molecule has 5 nitrogen and oxygen atoms in total. The molecule has 5 heteroatoms. The first-order valence-corrected chi connectivity index (χ1v) is 12.4. The molecule has 2 N–H and O–H groups in total. The summed E-state index contributed by atoms with van der Waals surface area (Å²) in [7, 11) is 0. The van der Waals surface area contributed by atoms with E-state index in [-0.39, 0.29) is 18.2 Å². The van der Waals surface area contributed by atoms with Gasteiger partial charge in [0.2, 0.25) is 5.91 Å². The second-order valence-corrected chi connectivity index (χ2v) is 8.95. The van der Waals surface area contributed by atoms with Crippen LogP contribution < -0.4 is 10.5 Å². The first kappa shape index (κ1) is 25.1. The predicted molar refractivity (Wildman–Crippen MR) is 144 cm³/mol. The average molecular weight is 480 g/mol. The molecule has 0 bridgehead atoms. The van der Waals surface area contributed by atoms with Crippen LogP contribution in [-0.2, 0) is 17.8 Å². The lowest BCUT2D eigenvalue weighted by Gasteiger charge is -2.28. The van der Waals surface area contributed by atoms with Gasteiger partial charge in [0.1, 0.15) is 5.75 Å². The maximum atomic E-state index is 11.1. The van der Waals surface area contributed by atoms with Gasteiger partial charge in [-0.1, -0.05) is 72.8 Å². The number of carbonyl (C=O) groups is 1. The summed E-state index contributed by atoms with van der Waals surface area (Å²) >= 11 is 0. The molecule has 0 aliphatic heterocycles. The molecule has 0 aliphatic rings. The summed E-state index contributed by atoms with van der Waals surface area (Å²) in [5.74, 6) is 0.741. The fraction of sp³-hybridized carbons (Fsp3) is 0.226. The maximum Gasteiger partial charge on any atom is 0.221 e. The van der Waals surface area contributed by atoms with Gasteiger partial charge in [0.05, 0.1) is 13.0 Å². The highest BCUT2D eigenvalue weighted by Crippen LogP contribution is 2.26. The van der Waals surface area contributed by atoms with Crippen molar-refractivity contribution in [3.63, 3.8) is 0 Å². The number of rotatable bonds is 13. The third-order valence-electron chi connectivity index (χ3n) is 6.19. The van der Waals surface area contributed by atoms with Gasteiger partial charge < -0.3 is 10.5 Å². The van der Waals surface area contributed by atoms with Crippen molar-refractivity contribution in [1.82, 2.24) is 9.88 Å². The minimum atomic E-state index is -0.331. The summed E-state index contributed by atoms with van der Waals surface area (Å²) in [5, 5.41) is 0. The van der Waals surface area contributed by atoms with Crippen LogP contribution >= 0.6 is 0 Å². The Bertz CT molecular complexity index is 1140. The topological polar surface area (TPSA) is 68.5 Å². The minimum absolute atomic E-state index is 0.244. The Morgan fingerprint density at radius 1 is 0.806 bits per heavy atom. The van der Waals surface area contributed by atoms with E-state index in [2.05, 4.69) is 82.7 Å². The van der Waals surface area contributed by atoms with Gasteiger partial charge in [0.25, 0.3) is 0 Å². The molecule has 0 saturated heterocycles. The highest BCUT2D eigenvalue weighted by atomic mass is 16.5. The Morgan fingerprint density at radius 3 is 2.00 bits per heavy atom. The zero-order valence-electron chi connectivity index (χ0n) is 20.5. The molecule has 184 valence electrons. The molecule has 36 heavy (non-hydrogen) atoms. The van der Waals surface area contributed by atoms with Crippen LogP contribution in [0, 0.1) is 0 Å². The number of primary amides is 1. The molecule has 1 amide bonds. The van der Waals surface area contributed by atoms with E-state index in [1.165, 1.54) is 16.7 Å². The quantitative estimate of drug-likeness (QED) is 0.267. The summed E-state index contributed by atoms with van der Waals surface area (Å²) in [6.45, 7) is 3.26. The van der Waals surface area contributed by atoms with Gasteiger partial charge in [-0.3, -0.25) is 14.7 Å². The van der Waals surface area contributed by atoms with Crippen molar-refractivity contribution in [1.29, 1.82) is 0 Å². The molecule has 4 aromatic rings. The summed E-state index contributed by atoms with van der Waals surface area (Å²) in [6.07, 6.45) is 4.84. The smallest absolute Gasteiger partial charge is 0.221 e. The zero-order valence-corrected chi connectivity index (χ0v) is 20.5. The minimum Gasteiger partial charge on any atom is -0.494 e.